The molecule has 1 aromatic carbocycles. The Morgan fingerprint density at radius 2 is 2.17 bits per heavy atom. The third-order valence-corrected chi connectivity index (χ3v) is 3.95. The Balaban J connectivity index is 0.00000192. The van der Waals surface area contributed by atoms with E-state index < -0.39 is 0 Å². The quantitative estimate of drug-likeness (QED) is 0.850. The van der Waals surface area contributed by atoms with Gasteiger partial charge in [0.1, 0.15) is 0 Å². The molecule has 0 radical (unpaired) electrons. The minimum Gasteiger partial charge on any atom is -0.454 e. The standard InChI is InChI=1S/C16H22N2O4.ClH/c1-18(16(19)9-17-8-13-3-2-6-20-13)10-12-4-5-14-15(7-12)22-11-21-14;/h4-5,7,13,17H,2-3,6,8-11H2,1H3;1H. The van der Waals surface area contributed by atoms with Crippen molar-refractivity contribution in [3.8, 4) is 11.5 Å². The number of hydrogen-bond acceptors (Lipinski definition) is 5. The zero-order chi connectivity index (χ0) is 15.4. The van der Waals surface area contributed by atoms with Crippen LogP contribution in [-0.2, 0) is 16.1 Å². The van der Waals surface area contributed by atoms with Crippen LogP contribution in [0.2, 0.25) is 0 Å². The summed E-state index contributed by atoms with van der Waals surface area (Å²) in [5.74, 6) is 1.57. The van der Waals surface area contributed by atoms with E-state index in [4.69, 9.17) is 14.2 Å². The van der Waals surface area contributed by atoms with E-state index >= 15 is 0 Å². The molecule has 0 aliphatic carbocycles. The number of rotatable bonds is 6. The summed E-state index contributed by atoms with van der Waals surface area (Å²) >= 11 is 0. The highest BCUT2D eigenvalue weighted by Crippen LogP contribution is 2.32. The fourth-order valence-electron chi connectivity index (χ4n) is 2.68. The Labute approximate surface area is 142 Å². The predicted octanol–water partition coefficient (Wildman–Crippen LogP) is 1.56. The number of nitrogens with zero attached hydrogens (tertiary/aromatic N) is 1. The molecule has 3 rings (SSSR count). The second kappa shape index (κ2) is 8.38. The predicted molar refractivity (Wildman–Crippen MR) is 88.1 cm³/mol. The molecule has 1 atom stereocenters. The Kier molecular flexibility index (Phi) is 6.50. The topological polar surface area (TPSA) is 60.0 Å². The van der Waals surface area contributed by atoms with Gasteiger partial charge < -0.3 is 24.4 Å². The highest BCUT2D eigenvalue weighted by atomic mass is 35.5. The summed E-state index contributed by atoms with van der Waals surface area (Å²) in [4.78, 5) is 13.8. The van der Waals surface area contributed by atoms with E-state index in [2.05, 4.69) is 5.32 Å². The maximum absolute atomic E-state index is 12.1. The zero-order valence-corrected chi connectivity index (χ0v) is 14.1. The molecule has 1 amide bonds. The summed E-state index contributed by atoms with van der Waals surface area (Å²) in [6.45, 7) is 2.73. The van der Waals surface area contributed by atoms with Gasteiger partial charge in [0.2, 0.25) is 12.7 Å². The summed E-state index contributed by atoms with van der Waals surface area (Å²) in [7, 11) is 1.81. The first kappa shape index (κ1) is 17.8. The van der Waals surface area contributed by atoms with Crippen molar-refractivity contribution in [2.75, 3.05) is 33.5 Å². The molecule has 1 N–H and O–H groups in total. The number of ether oxygens (including phenoxy) is 3. The molecular formula is C16H23ClN2O4. The molecule has 7 heteroatoms. The van der Waals surface area contributed by atoms with Gasteiger partial charge in [0.15, 0.2) is 11.5 Å². The highest BCUT2D eigenvalue weighted by molar-refractivity contribution is 5.85. The fourth-order valence-corrected chi connectivity index (χ4v) is 2.68. The Morgan fingerprint density at radius 1 is 1.35 bits per heavy atom. The Hall–Kier alpha value is -1.50. The third kappa shape index (κ3) is 4.73. The summed E-state index contributed by atoms with van der Waals surface area (Å²) in [6.07, 6.45) is 2.45. The van der Waals surface area contributed by atoms with Gasteiger partial charge in [-0.3, -0.25) is 4.79 Å². The van der Waals surface area contributed by atoms with Gasteiger partial charge in [0.05, 0.1) is 12.6 Å². The molecule has 0 saturated carbocycles. The van der Waals surface area contributed by atoms with Crippen LogP contribution in [-0.4, -0.2) is 50.4 Å². The molecule has 0 aromatic heterocycles. The first-order valence-corrected chi connectivity index (χ1v) is 7.67. The first-order valence-electron chi connectivity index (χ1n) is 7.67. The van der Waals surface area contributed by atoms with E-state index in [1.807, 2.05) is 18.2 Å². The number of carbonyl (C=O) groups excluding carboxylic acids is 1. The number of hydrogen-bond donors (Lipinski definition) is 1. The lowest BCUT2D eigenvalue weighted by atomic mass is 10.2. The summed E-state index contributed by atoms with van der Waals surface area (Å²) < 4.78 is 16.2. The Morgan fingerprint density at radius 3 is 2.96 bits per heavy atom. The van der Waals surface area contributed by atoms with Crippen molar-refractivity contribution < 1.29 is 19.0 Å². The molecule has 1 unspecified atom stereocenters. The molecule has 1 aromatic rings. The molecule has 1 fully saturated rings. The minimum absolute atomic E-state index is 0. The van der Waals surface area contributed by atoms with Crippen molar-refractivity contribution >= 4 is 18.3 Å². The normalized spacial score (nSPS) is 18.6. The number of amides is 1. The van der Waals surface area contributed by atoms with Gasteiger partial charge in [0.25, 0.3) is 0 Å². The van der Waals surface area contributed by atoms with Crippen molar-refractivity contribution in [2.24, 2.45) is 0 Å². The van der Waals surface area contributed by atoms with Gasteiger partial charge >= 0.3 is 0 Å². The number of fused-ring (bicyclic) bond motifs is 1. The van der Waals surface area contributed by atoms with Crippen molar-refractivity contribution in [3.63, 3.8) is 0 Å². The second-order valence-corrected chi connectivity index (χ2v) is 5.70. The molecule has 128 valence electrons. The molecule has 2 aliphatic heterocycles. The van der Waals surface area contributed by atoms with Gasteiger partial charge in [-0.15, -0.1) is 12.4 Å². The number of halogens is 1. The maximum Gasteiger partial charge on any atom is 0.236 e. The van der Waals surface area contributed by atoms with Gasteiger partial charge in [-0.2, -0.15) is 0 Å². The van der Waals surface area contributed by atoms with E-state index in [-0.39, 0.29) is 31.2 Å². The lowest BCUT2D eigenvalue weighted by Crippen LogP contribution is -2.38. The zero-order valence-electron chi connectivity index (χ0n) is 13.2. The van der Waals surface area contributed by atoms with Gasteiger partial charge in [-0.05, 0) is 30.5 Å². The van der Waals surface area contributed by atoms with Crippen LogP contribution < -0.4 is 14.8 Å². The van der Waals surface area contributed by atoms with E-state index in [1.54, 1.807) is 11.9 Å². The Bertz CT molecular complexity index is 535. The van der Waals surface area contributed by atoms with Crippen LogP contribution in [0.4, 0.5) is 0 Å². The van der Waals surface area contributed by atoms with E-state index in [0.717, 1.165) is 43.1 Å². The van der Waals surface area contributed by atoms with Crippen molar-refractivity contribution in [2.45, 2.75) is 25.5 Å². The fraction of sp³-hybridized carbons (Fsp3) is 0.562. The average Bonchev–Trinajstić information content (AvgIpc) is 3.17. The van der Waals surface area contributed by atoms with Crippen LogP contribution in [0.25, 0.3) is 0 Å². The van der Waals surface area contributed by atoms with E-state index in [9.17, 15) is 4.79 Å². The summed E-state index contributed by atoms with van der Waals surface area (Å²) in [5, 5.41) is 3.17. The maximum atomic E-state index is 12.1. The lowest BCUT2D eigenvalue weighted by Gasteiger charge is -2.18. The number of benzene rings is 1. The number of carbonyl (C=O) groups is 1. The van der Waals surface area contributed by atoms with Crippen molar-refractivity contribution in [3.05, 3.63) is 23.8 Å². The molecule has 23 heavy (non-hydrogen) atoms. The van der Waals surface area contributed by atoms with Crippen molar-refractivity contribution in [1.29, 1.82) is 0 Å². The van der Waals surface area contributed by atoms with Gasteiger partial charge in [0, 0.05) is 26.7 Å². The smallest absolute Gasteiger partial charge is 0.236 e. The second-order valence-electron chi connectivity index (χ2n) is 5.70. The molecule has 2 aliphatic rings. The van der Waals surface area contributed by atoms with Crippen LogP contribution >= 0.6 is 12.4 Å². The van der Waals surface area contributed by atoms with Gasteiger partial charge in [-0.25, -0.2) is 0 Å². The lowest BCUT2D eigenvalue weighted by molar-refractivity contribution is -0.129. The van der Waals surface area contributed by atoms with E-state index in [1.165, 1.54) is 0 Å². The molecule has 6 nitrogen and oxygen atoms in total. The summed E-state index contributed by atoms with van der Waals surface area (Å²) in [5.41, 5.74) is 1.03. The highest BCUT2D eigenvalue weighted by Gasteiger charge is 2.17. The monoisotopic (exact) mass is 342 g/mol. The minimum atomic E-state index is 0. The molecule has 0 bridgehead atoms. The third-order valence-electron chi connectivity index (χ3n) is 3.95. The van der Waals surface area contributed by atoms with Crippen molar-refractivity contribution in [1.82, 2.24) is 10.2 Å². The first-order chi connectivity index (χ1) is 10.7. The molecular weight excluding hydrogens is 320 g/mol. The molecule has 1 saturated heterocycles. The molecule has 2 heterocycles. The summed E-state index contributed by atoms with van der Waals surface area (Å²) in [6, 6.07) is 5.76. The SMILES string of the molecule is CN(Cc1ccc2c(c1)OCO2)C(=O)CNCC1CCCO1.Cl. The van der Waals surface area contributed by atoms with Crippen LogP contribution in [0.15, 0.2) is 18.2 Å². The van der Waals surface area contributed by atoms with Crippen LogP contribution in [0.3, 0.4) is 0 Å². The van der Waals surface area contributed by atoms with Crippen LogP contribution in [0.1, 0.15) is 18.4 Å². The van der Waals surface area contributed by atoms with E-state index in [0.29, 0.717) is 13.1 Å². The van der Waals surface area contributed by atoms with Crippen LogP contribution in [0.5, 0.6) is 11.5 Å². The number of likely N-dealkylation sites (N-methyl/N-ethyl adjacent to an activating group) is 1. The average molecular weight is 343 g/mol. The largest absolute Gasteiger partial charge is 0.454 e. The molecule has 0 spiro atoms. The van der Waals surface area contributed by atoms with Crippen LogP contribution in [0, 0.1) is 0 Å². The van der Waals surface area contributed by atoms with Gasteiger partial charge in [-0.1, -0.05) is 6.07 Å². The number of nitrogens with one attached hydrogen (secondary N) is 1.